The Morgan fingerprint density at radius 2 is 1.67 bits per heavy atom. The molecule has 2 rings (SSSR count). The van der Waals surface area contributed by atoms with Crippen molar-refractivity contribution in [2.45, 2.75) is 11.1 Å². The van der Waals surface area contributed by atoms with Crippen LogP contribution in [0.4, 0.5) is 17.6 Å². The molecule has 0 atom stereocenters. The lowest BCUT2D eigenvalue weighted by Gasteiger charge is -2.11. The van der Waals surface area contributed by atoms with Crippen LogP contribution in [0.15, 0.2) is 53.4 Å². The fraction of sp³-hybridized carbons (Fsp3) is 0.176. The van der Waals surface area contributed by atoms with Gasteiger partial charge in [0, 0.05) is 5.56 Å². The third kappa shape index (κ3) is 7.33. The quantitative estimate of drug-likeness (QED) is 0.438. The maximum Gasteiger partial charge on any atom is 0.402 e. The molecular weight excluding hydrogens is 434 g/mol. The van der Waals surface area contributed by atoms with Gasteiger partial charge >= 0.3 is 6.18 Å². The molecule has 2 aromatic rings. The monoisotopic (exact) mass is 449 g/mol. The van der Waals surface area contributed by atoms with Crippen molar-refractivity contribution in [3.63, 3.8) is 0 Å². The van der Waals surface area contributed by atoms with Gasteiger partial charge in [0.1, 0.15) is 18.1 Å². The smallest absolute Gasteiger partial charge is 0.402 e. The molecule has 2 aromatic carbocycles. The van der Waals surface area contributed by atoms with Gasteiger partial charge in [-0.05, 0) is 42.5 Å². The number of benzene rings is 2. The zero-order chi connectivity index (χ0) is 22.4. The van der Waals surface area contributed by atoms with Crippen LogP contribution in [0.5, 0.6) is 5.75 Å². The number of ether oxygens (including phenoxy) is 1. The maximum atomic E-state index is 12.8. The van der Waals surface area contributed by atoms with Crippen LogP contribution >= 0.6 is 0 Å². The largest absolute Gasteiger partial charge is 0.484 e. The number of hydrogen-bond acceptors (Lipinski definition) is 5. The number of nitrogens with one attached hydrogen (secondary N) is 3. The molecule has 0 saturated heterocycles. The zero-order valence-corrected chi connectivity index (χ0v) is 15.8. The van der Waals surface area contributed by atoms with E-state index in [-0.39, 0.29) is 11.3 Å². The number of rotatable bonds is 7. The Morgan fingerprint density at radius 3 is 2.30 bits per heavy atom. The highest BCUT2D eigenvalue weighted by atomic mass is 32.2. The number of carbonyl (C=O) groups excluding carboxylic acids is 2. The van der Waals surface area contributed by atoms with Crippen molar-refractivity contribution >= 4 is 21.8 Å². The Bertz CT molecular complexity index is 1010. The first-order valence-electron chi connectivity index (χ1n) is 8.10. The number of sulfonamides is 1. The van der Waals surface area contributed by atoms with Gasteiger partial charge < -0.3 is 4.74 Å². The standard InChI is InChI=1S/C17H15F4N3O5S/c18-12-4-6-13(7-5-12)29-9-15(25)23-24-16(26)11-2-1-3-14(8-11)30(27,28)22-10-17(19,20)21/h1-8,22H,9-10H2,(H,23,25)(H,24,26). The summed E-state index contributed by atoms with van der Waals surface area (Å²) in [5.41, 5.74) is 3.79. The topological polar surface area (TPSA) is 114 Å². The molecule has 13 heteroatoms. The summed E-state index contributed by atoms with van der Waals surface area (Å²) in [5.74, 6) is -1.97. The first-order chi connectivity index (χ1) is 14.0. The van der Waals surface area contributed by atoms with Crippen LogP contribution in [0.1, 0.15) is 10.4 Å². The van der Waals surface area contributed by atoms with Gasteiger partial charge in [0.15, 0.2) is 6.61 Å². The maximum absolute atomic E-state index is 12.8. The van der Waals surface area contributed by atoms with Gasteiger partial charge in [-0.15, -0.1) is 0 Å². The molecule has 30 heavy (non-hydrogen) atoms. The number of carbonyl (C=O) groups is 2. The first kappa shape index (κ1) is 23.1. The summed E-state index contributed by atoms with van der Waals surface area (Å²) in [6.45, 7) is -2.28. The molecule has 0 aliphatic rings. The highest BCUT2D eigenvalue weighted by Gasteiger charge is 2.30. The molecule has 162 valence electrons. The predicted molar refractivity (Wildman–Crippen MR) is 95.2 cm³/mol. The summed E-state index contributed by atoms with van der Waals surface area (Å²) in [5, 5.41) is 0. The third-order valence-corrected chi connectivity index (χ3v) is 4.77. The second kappa shape index (κ2) is 9.54. The van der Waals surface area contributed by atoms with Crippen LogP contribution in [0, 0.1) is 5.82 Å². The van der Waals surface area contributed by atoms with Crippen LogP contribution in [-0.2, 0) is 14.8 Å². The molecule has 0 heterocycles. The summed E-state index contributed by atoms with van der Waals surface area (Å²) in [4.78, 5) is 23.2. The first-order valence-corrected chi connectivity index (χ1v) is 9.59. The van der Waals surface area contributed by atoms with E-state index in [0.29, 0.717) is 0 Å². The average molecular weight is 449 g/mol. The van der Waals surface area contributed by atoms with Crippen molar-refractivity contribution in [1.82, 2.24) is 15.6 Å². The lowest BCUT2D eigenvalue weighted by atomic mass is 10.2. The summed E-state index contributed by atoms with van der Waals surface area (Å²) in [7, 11) is -4.51. The van der Waals surface area contributed by atoms with Crippen molar-refractivity contribution in [3.8, 4) is 5.75 Å². The summed E-state index contributed by atoms with van der Waals surface area (Å²) < 4.78 is 79.7. The Hall–Kier alpha value is -3.19. The highest BCUT2D eigenvalue weighted by molar-refractivity contribution is 7.89. The predicted octanol–water partition coefficient (Wildman–Crippen LogP) is 1.51. The minimum Gasteiger partial charge on any atom is -0.484 e. The molecule has 0 saturated carbocycles. The molecule has 0 radical (unpaired) electrons. The van der Waals surface area contributed by atoms with E-state index in [0.717, 1.165) is 30.3 Å². The molecule has 0 aliphatic carbocycles. The van der Waals surface area contributed by atoms with Gasteiger partial charge in [0.05, 0.1) is 4.90 Å². The van der Waals surface area contributed by atoms with E-state index >= 15 is 0 Å². The van der Waals surface area contributed by atoms with Gasteiger partial charge in [0.25, 0.3) is 11.8 Å². The van der Waals surface area contributed by atoms with Crippen molar-refractivity contribution in [3.05, 3.63) is 59.9 Å². The second-order valence-corrected chi connectivity index (χ2v) is 7.48. The fourth-order valence-corrected chi connectivity index (χ4v) is 3.04. The number of hydrazine groups is 1. The lowest BCUT2D eigenvalue weighted by molar-refractivity contribution is -0.124. The lowest BCUT2D eigenvalue weighted by Crippen LogP contribution is -2.43. The van der Waals surface area contributed by atoms with E-state index in [9.17, 15) is 35.6 Å². The van der Waals surface area contributed by atoms with Gasteiger partial charge in [-0.25, -0.2) is 17.5 Å². The second-order valence-electron chi connectivity index (χ2n) is 5.71. The number of halogens is 4. The molecule has 3 N–H and O–H groups in total. The number of alkyl halides is 3. The van der Waals surface area contributed by atoms with E-state index in [2.05, 4.69) is 0 Å². The van der Waals surface area contributed by atoms with Crippen molar-refractivity contribution in [2.75, 3.05) is 13.2 Å². The molecule has 0 fully saturated rings. The summed E-state index contributed by atoms with van der Waals surface area (Å²) in [6, 6.07) is 9.02. The van der Waals surface area contributed by atoms with E-state index in [4.69, 9.17) is 4.74 Å². The number of amides is 2. The van der Waals surface area contributed by atoms with Gasteiger partial charge in [-0.1, -0.05) is 6.07 Å². The molecule has 0 spiro atoms. The Morgan fingerprint density at radius 1 is 1.00 bits per heavy atom. The minimum atomic E-state index is -4.75. The SMILES string of the molecule is O=C(COc1ccc(F)cc1)NNC(=O)c1cccc(S(=O)(=O)NCC(F)(F)F)c1. The normalized spacial score (nSPS) is 11.6. The Balaban J connectivity index is 1.91. The minimum absolute atomic E-state index is 0.210. The van der Waals surface area contributed by atoms with Gasteiger partial charge in [-0.2, -0.15) is 13.2 Å². The fourth-order valence-electron chi connectivity index (χ4n) is 1.98. The molecule has 0 aromatic heterocycles. The van der Waals surface area contributed by atoms with E-state index in [1.165, 1.54) is 22.9 Å². The van der Waals surface area contributed by atoms with Crippen LogP contribution in [-0.4, -0.2) is 39.6 Å². The Kier molecular flexibility index (Phi) is 7.34. The molecular formula is C17H15F4N3O5S. The van der Waals surface area contributed by atoms with E-state index < -0.39 is 51.9 Å². The van der Waals surface area contributed by atoms with E-state index in [1.54, 1.807) is 0 Å². The third-order valence-electron chi connectivity index (χ3n) is 3.37. The van der Waals surface area contributed by atoms with Crippen molar-refractivity contribution < 1.29 is 40.3 Å². The van der Waals surface area contributed by atoms with Crippen LogP contribution in [0.2, 0.25) is 0 Å². The Labute approximate surface area is 168 Å². The van der Waals surface area contributed by atoms with Crippen LogP contribution in [0.25, 0.3) is 0 Å². The molecule has 8 nitrogen and oxygen atoms in total. The summed E-state index contributed by atoms with van der Waals surface area (Å²) in [6.07, 6.45) is -4.75. The van der Waals surface area contributed by atoms with Gasteiger partial charge in [0.2, 0.25) is 10.0 Å². The number of hydrogen-bond donors (Lipinski definition) is 3. The molecule has 0 aliphatic heterocycles. The van der Waals surface area contributed by atoms with Crippen LogP contribution < -0.4 is 20.3 Å². The van der Waals surface area contributed by atoms with Crippen LogP contribution in [0.3, 0.4) is 0 Å². The summed E-state index contributed by atoms with van der Waals surface area (Å²) >= 11 is 0. The average Bonchev–Trinajstić information content (AvgIpc) is 2.70. The highest BCUT2D eigenvalue weighted by Crippen LogP contribution is 2.16. The molecule has 0 bridgehead atoms. The molecule has 0 unspecified atom stereocenters. The zero-order valence-electron chi connectivity index (χ0n) is 15.0. The van der Waals surface area contributed by atoms with Crippen molar-refractivity contribution in [1.29, 1.82) is 0 Å². The van der Waals surface area contributed by atoms with Gasteiger partial charge in [-0.3, -0.25) is 20.4 Å². The molecule has 2 amide bonds. The van der Waals surface area contributed by atoms with E-state index in [1.807, 2.05) is 10.9 Å². The van der Waals surface area contributed by atoms with Crippen molar-refractivity contribution in [2.24, 2.45) is 0 Å².